The third-order valence-electron chi connectivity index (χ3n) is 3.77. The lowest BCUT2D eigenvalue weighted by Crippen LogP contribution is -2.35. The van der Waals surface area contributed by atoms with E-state index in [4.69, 9.17) is 23.2 Å². The van der Waals surface area contributed by atoms with Crippen LogP contribution >= 0.6 is 23.2 Å². The lowest BCUT2D eigenvalue weighted by molar-refractivity contribution is 0.0943. The number of benzene rings is 1. The highest BCUT2D eigenvalue weighted by atomic mass is 35.5. The predicted molar refractivity (Wildman–Crippen MR) is 80.1 cm³/mol. The van der Waals surface area contributed by atoms with E-state index in [1.165, 1.54) is 12.8 Å². The maximum Gasteiger partial charge on any atom is 0.251 e. The molecular weight excluding hydrogens is 281 g/mol. The van der Waals surface area contributed by atoms with Crippen molar-refractivity contribution in [1.29, 1.82) is 0 Å². The zero-order valence-electron chi connectivity index (χ0n) is 11.1. The molecule has 1 saturated carbocycles. The van der Waals surface area contributed by atoms with Gasteiger partial charge >= 0.3 is 0 Å². The summed E-state index contributed by atoms with van der Waals surface area (Å²) in [4.78, 5) is 12.1. The molecule has 2 rings (SSSR count). The van der Waals surface area contributed by atoms with Crippen molar-refractivity contribution in [3.05, 3.63) is 34.3 Å². The third kappa shape index (κ3) is 3.87. The molecule has 1 amide bonds. The number of carbonyl (C=O) groups is 1. The summed E-state index contributed by atoms with van der Waals surface area (Å²) in [6.45, 7) is 2.56. The van der Waals surface area contributed by atoms with E-state index in [2.05, 4.69) is 5.32 Å². The first-order chi connectivity index (χ1) is 9.08. The first-order valence-corrected chi connectivity index (χ1v) is 7.58. The summed E-state index contributed by atoms with van der Waals surface area (Å²) >= 11 is 12.2. The predicted octanol–water partition coefficient (Wildman–Crippen LogP) is 4.18. The fourth-order valence-electron chi connectivity index (χ4n) is 2.59. The number of hydrogen-bond donors (Lipinski definition) is 1. The molecule has 1 aromatic carbocycles. The highest BCUT2D eigenvalue weighted by Gasteiger charge is 2.23. The number of aryl methyl sites for hydroxylation is 1. The van der Waals surface area contributed by atoms with Gasteiger partial charge in [0.1, 0.15) is 0 Å². The quantitative estimate of drug-likeness (QED) is 0.834. The minimum Gasteiger partial charge on any atom is -0.352 e. The minimum absolute atomic E-state index is 0.0383. The van der Waals surface area contributed by atoms with Crippen LogP contribution in [0.2, 0.25) is 5.02 Å². The Morgan fingerprint density at radius 3 is 2.79 bits per heavy atom. The van der Waals surface area contributed by atoms with Crippen LogP contribution in [0.1, 0.15) is 41.6 Å². The molecule has 0 bridgehead atoms. The van der Waals surface area contributed by atoms with Crippen LogP contribution in [0.25, 0.3) is 0 Å². The Balaban J connectivity index is 1.93. The normalized spacial score (nSPS) is 23.1. The maximum atomic E-state index is 12.1. The molecule has 1 aliphatic carbocycles. The minimum atomic E-state index is -0.0383. The molecule has 0 aliphatic heterocycles. The summed E-state index contributed by atoms with van der Waals surface area (Å²) in [7, 11) is 0. The average Bonchev–Trinajstić information content (AvgIpc) is 2.37. The Morgan fingerprint density at radius 2 is 2.11 bits per heavy atom. The van der Waals surface area contributed by atoms with E-state index >= 15 is 0 Å². The SMILES string of the molecule is Cc1cc(Cl)ccc1C(=O)NCC1CCCCC1Cl. The standard InChI is InChI=1S/C15H19Cl2NO/c1-10-8-12(16)6-7-13(10)15(19)18-9-11-4-2-3-5-14(11)17/h6-8,11,14H,2-5,9H2,1H3,(H,18,19). The monoisotopic (exact) mass is 299 g/mol. The van der Waals surface area contributed by atoms with Crippen molar-refractivity contribution in [2.75, 3.05) is 6.54 Å². The molecule has 4 heteroatoms. The molecule has 1 aliphatic rings. The van der Waals surface area contributed by atoms with E-state index in [1.54, 1.807) is 18.2 Å². The van der Waals surface area contributed by atoms with Gasteiger partial charge in [0, 0.05) is 22.5 Å². The van der Waals surface area contributed by atoms with Crippen molar-refractivity contribution in [3.63, 3.8) is 0 Å². The van der Waals surface area contributed by atoms with Gasteiger partial charge in [-0.25, -0.2) is 0 Å². The molecule has 0 aromatic heterocycles. The van der Waals surface area contributed by atoms with Gasteiger partial charge in [-0.05, 0) is 49.4 Å². The van der Waals surface area contributed by atoms with Gasteiger partial charge in [0.05, 0.1) is 0 Å². The average molecular weight is 300 g/mol. The molecule has 104 valence electrons. The summed E-state index contributed by atoms with van der Waals surface area (Å²) in [5, 5.41) is 3.84. The Labute approximate surface area is 124 Å². The molecule has 1 N–H and O–H groups in total. The van der Waals surface area contributed by atoms with Gasteiger partial charge in [-0.2, -0.15) is 0 Å². The molecule has 19 heavy (non-hydrogen) atoms. The van der Waals surface area contributed by atoms with E-state index in [-0.39, 0.29) is 11.3 Å². The summed E-state index contributed by atoms with van der Waals surface area (Å²) in [6, 6.07) is 5.32. The zero-order valence-corrected chi connectivity index (χ0v) is 12.6. The van der Waals surface area contributed by atoms with Crippen LogP contribution < -0.4 is 5.32 Å². The molecule has 0 saturated heterocycles. The Kier molecular flexibility index (Phi) is 5.12. The van der Waals surface area contributed by atoms with Gasteiger partial charge in [-0.3, -0.25) is 4.79 Å². The van der Waals surface area contributed by atoms with Gasteiger partial charge in [-0.1, -0.05) is 24.4 Å². The number of nitrogens with one attached hydrogen (secondary N) is 1. The van der Waals surface area contributed by atoms with Crippen molar-refractivity contribution in [1.82, 2.24) is 5.32 Å². The molecule has 0 heterocycles. The Morgan fingerprint density at radius 1 is 1.37 bits per heavy atom. The van der Waals surface area contributed by atoms with Crippen LogP contribution in [0.3, 0.4) is 0 Å². The highest BCUT2D eigenvalue weighted by molar-refractivity contribution is 6.30. The van der Waals surface area contributed by atoms with Gasteiger partial charge in [0.2, 0.25) is 0 Å². The summed E-state index contributed by atoms with van der Waals surface area (Å²) in [6.07, 6.45) is 4.58. The second-order valence-electron chi connectivity index (χ2n) is 5.23. The van der Waals surface area contributed by atoms with E-state index in [0.29, 0.717) is 23.0 Å². The largest absolute Gasteiger partial charge is 0.352 e. The van der Waals surface area contributed by atoms with Crippen LogP contribution in [0.4, 0.5) is 0 Å². The van der Waals surface area contributed by atoms with Gasteiger partial charge in [-0.15, -0.1) is 11.6 Å². The summed E-state index contributed by atoms with van der Waals surface area (Å²) in [5.74, 6) is 0.357. The smallest absolute Gasteiger partial charge is 0.251 e. The topological polar surface area (TPSA) is 29.1 Å². The molecular formula is C15H19Cl2NO. The lowest BCUT2D eigenvalue weighted by atomic mass is 9.88. The Hall–Kier alpha value is -0.730. The lowest BCUT2D eigenvalue weighted by Gasteiger charge is -2.27. The van der Waals surface area contributed by atoms with Crippen molar-refractivity contribution < 1.29 is 4.79 Å². The van der Waals surface area contributed by atoms with Crippen LogP contribution in [0, 0.1) is 12.8 Å². The van der Waals surface area contributed by atoms with E-state index in [9.17, 15) is 4.79 Å². The number of alkyl halides is 1. The number of halogens is 2. The third-order valence-corrected chi connectivity index (χ3v) is 4.58. The first kappa shape index (κ1) is 14.7. The molecule has 2 atom stereocenters. The molecule has 2 nitrogen and oxygen atoms in total. The van der Waals surface area contributed by atoms with Crippen molar-refractivity contribution in [3.8, 4) is 0 Å². The van der Waals surface area contributed by atoms with Gasteiger partial charge in [0.25, 0.3) is 5.91 Å². The van der Waals surface area contributed by atoms with E-state index in [1.807, 2.05) is 6.92 Å². The van der Waals surface area contributed by atoms with Crippen molar-refractivity contribution >= 4 is 29.1 Å². The number of amides is 1. The summed E-state index contributed by atoms with van der Waals surface area (Å²) < 4.78 is 0. The van der Waals surface area contributed by atoms with Crippen LogP contribution in [-0.4, -0.2) is 17.8 Å². The molecule has 1 fully saturated rings. The van der Waals surface area contributed by atoms with Crippen LogP contribution in [-0.2, 0) is 0 Å². The maximum absolute atomic E-state index is 12.1. The van der Waals surface area contributed by atoms with Crippen LogP contribution in [0.5, 0.6) is 0 Å². The summed E-state index contributed by atoms with van der Waals surface area (Å²) in [5.41, 5.74) is 1.59. The second kappa shape index (κ2) is 6.62. The fourth-order valence-corrected chi connectivity index (χ4v) is 3.19. The molecule has 2 unspecified atom stereocenters. The number of hydrogen-bond acceptors (Lipinski definition) is 1. The van der Waals surface area contributed by atoms with E-state index in [0.717, 1.165) is 18.4 Å². The molecule has 1 aromatic rings. The zero-order chi connectivity index (χ0) is 13.8. The number of carbonyl (C=O) groups excluding carboxylic acids is 1. The fraction of sp³-hybridized carbons (Fsp3) is 0.533. The first-order valence-electron chi connectivity index (χ1n) is 6.76. The van der Waals surface area contributed by atoms with Gasteiger partial charge in [0.15, 0.2) is 0 Å². The van der Waals surface area contributed by atoms with Crippen LogP contribution in [0.15, 0.2) is 18.2 Å². The Bertz CT molecular complexity index is 461. The van der Waals surface area contributed by atoms with Gasteiger partial charge < -0.3 is 5.32 Å². The molecule has 0 radical (unpaired) electrons. The molecule has 0 spiro atoms. The number of rotatable bonds is 3. The second-order valence-corrected chi connectivity index (χ2v) is 6.23. The van der Waals surface area contributed by atoms with Crippen molar-refractivity contribution in [2.24, 2.45) is 5.92 Å². The van der Waals surface area contributed by atoms with E-state index < -0.39 is 0 Å². The highest BCUT2D eigenvalue weighted by Crippen LogP contribution is 2.28. The van der Waals surface area contributed by atoms with Crippen molar-refractivity contribution in [2.45, 2.75) is 38.0 Å².